The van der Waals surface area contributed by atoms with Crippen LogP contribution in [0, 0.1) is 0 Å². The monoisotopic (exact) mass is 393 g/mol. The minimum atomic E-state index is -0.372. The van der Waals surface area contributed by atoms with Crippen molar-refractivity contribution in [2.45, 2.75) is 0 Å². The molecule has 8 nitrogen and oxygen atoms in total. The van der Waals surface area contributed by atoms with Crippen molar-refractivity contribution in [3.63, 3.8) is 0 Å². The molecule has 29 heavy (non-hydrogen) atoms. The van der Waals surface area contributed by atoms with Crippen LogP contribution in [0.5, 0.6) is 23.0 Å². The highest BCUT2D eigenvalue weighted by molar-refractivity contribution is 6.07. The lowest BCUT2D eigenvalue weighted by atomic mass is 10.1. The van der Waals surface area contributed by atoms with Crippen LogP contribution >= 0.6 is 0 Å². The summed E-state index contributed by atoms with van der Waals surface area (Å²) in [6.07, 6.45) is 1.62. The number of anilines is 3. The summed E-state index contributed by atoms with van der Waals surface area (Å²) in [6, 6.07) is 14.2. The molecule has 3 aromatic rings. The number of rotatable bonds is 6. The molecule has 0 aliphatic carbocycles. The van der Waals surface area contributed by atoms with E-state index in [2.05, 4.69) is 15.6 Å². The number of methoxy groups -OCH3 is 2. The molecule has 0 saturated heterocycles. The minimum absolute atomic E-state index is 0.228. The Morgan fingerprint density at radius 2 is 1.69 bits per heavy atom. The van der Waals surface area contributed by atoms with Gasteiger partial charge in [0.2, 0.25) is 6.79 Å². The van der Waals surface area contributed by atoms with Gasteiger partial charge in [-0.3, -0.25) is 4.79 Å². The van der Waals surface area contributed by atoms with Crippen LogP contribution in [0.2, 0.25) is 0 Å². The largest absolute Gasteiger partial charge is 0.496 e. The van der Waals surface area contributed by atoms with Gasteiger partial charge in [0, 0.05) is 11.8 Å². The molecule has 8 heteroatoms. The Kier molecular flexibility index (Phi) is 5.07. The Morgan fingerprint density at radius 1 is 0.966 bits per heavy atom. The molecule has 0 bridgehead atoms. The zero-order valence-corrected chi connectivity index (χ0v) is 15.9. The van der Waals surface area contributed by atoms with Crippen molar-refractivity contribution in [2.24, 2.45) is 0 Å². The topological polar surface area (TPSA) is 90.9 Å². The number of hydrogen-bond donors (Lipinski definition) is 2. The van der Waals surface area contributed by atoms with Gasteiger partial charge in [-0.15, -0.1) is 0 Å². The number of benzene rings is 2. The lowest BCUT2D eigenvalue weighted by molar-refractivity contribution is 0.102. The van der Waals surface area contributed by atoms with Crippen molar-refractivity contribution in [1.29, 1.82) is 0 Å². The highest BCUT2D eigenvalue weighted by Gasteiger charge is 2.18. The van der Waals surface area contributed by atoms with Gasteiger partial charge < -0.3 is 29.6 Å². The third-order valence-corrected chi connectivity index (χ3v) is 4.32. The molecule has 0 radical (unpaired) electrons. The number of carbonyl (C=O) groups excluding carboxylic acids is 1. The van der Waals surface area contributed by atoms with Crippen LogP contribution in [-0.2, 0) is 0 Å². The van der Waals surface area contributed by atoms with E-state index >= 15 is 0 Å². The summed E-state index contributed by atoms with van der Waals surface area (Å²) in [5, 5.41) is 5.99. The molecule has 0 saturated carbocycles. The molecule has 1 aliphatic heterocycles. The van der Waals surface area contributed by atoms with E-state index in [0.717, 1.165) is 17.1 Å². The first-order chi connectivity index (χ1) is 14.2. The van der Waals surface area contributed by atoms with E-state index in [1.54, 1.807) is 30.5 Å². The predicted molar refractivity (Wildman–Crippen MR) is 108 cm³/mol. The zero-order chi connectivity index (χ0) is 20.2. The van der Waals surface area contributed by atoms with E-state index in [-0.39, 0.29) is 12.7 Å². The molecule has 0 unspecified atom stereocenters. The van der Waals surface area contributed by atoms with Crippen molar-refractivity contribution in [2.75, 3.05) is 31.6 Å². The first kappa shape index (κ1) is 18.4. The molecule has 0 atom stereocenters. The summed E-state index contributed by atoms with van der Waals surface area (Å²) in [5.74, 6) is 2.28. The fourth-order valence-corrected chi connectivity index (χ4v) is 2.94. The third kappa shape index (κ3) is 3.86. The predicted octanol–water partition coefficient (Wildman–Crippen LogP) is 3.82. The van der Waals surface area contributed by atoms with E-state index in [0.29, 0.717) is 28.6 Å². The van der Waals surface area contributed by atoms with Crippen LogP contribution in [0.3, 0.4) is 0 Å². The second-order valence-electron chi connectivity index (χ2n) is 6.12. The number of pyridine rings is 1. The van der Waals surface area contributed by atoms with Crippen molar-refractivity contribution in [1.82, 2.24) is 4.98 Å². The molecule has 148 valence electrons. The van der Waals surface area contributed by atoms with Crippen molar-refractivity contribution < 1.29 is 23.7 Å². The molecule has 4 rings (SSSR count). The molecule has 2 N–H and O–H groups in total. The summed E-state index contributed by atoms with van der Waals surface area (Å²) in [5.41, 5.74) is 1.91. The molecular weight excluding hydrogens is 374 g/mol. The number of carbonyl (C=O) groups is 1. The maximum absolute atomic E-state index is 12.7. The second kappa shape index (κ2) is 7.97. The maximum Gasteiger partial charge on any atom is 0.264 e. The fourth-order valence-electron chi connectivity index (χ4n) is 2.94. The average molecular weight is 393 g/mol. The van der Waals surface area contributed by atoms with Crippen molar-refractivity contribution >= 4 is 23.1 Å². The fraction of sp³-hybridized carbons (Fsp3) is 0.143. The van der Waals surface area contributed by atoms with Crippen LogP contribution in [0.25, 0.3) is 0 Å². The van der Waals surface area contributed by atoms with Crippen molar-refractivity contribution in [3.8, 4) is 23.0 Å². The molecule has 0 spiro atoms. The highest BCUT2D eigenvalue weighted by Crippen LogP contribution is 2.35. The van der Waals surface area contributed by atoms with Crippen LogP contribution in [0.4, 0.5) is 17.2 Å². The second-order valence-corrected chi connectivity index (χ2v) is 6.12. The third-order valence-electron chi connectivity index (χ3n) is 4.32. The number of nitrogens with one attached hydrogen (secondary N) is 2. The first-order valence-electron chi connectivity index (χ1n) is 8.83. The van der Waals surface area contributed by atoms with Crippen LogP contribution in [-0.4, -0.2) is 31.9 Å². The van der Waals surface area contributed by atoms with Gasteiger partial charge in [-0.1, -0.05) is 6.07 Å². The van der Waals surface area contributed by atoms with Gasteiger partial charge in [0.1, 0.15) is 22.9 Å². The van der Waals surface area contributed by atoms with Crippen LogP contribution < -0.4 is 29.6 Å². The van der Waals surface area contributed by atoms with E-state index < -0.39 is 0 Å². The number of aromatic nitrogens is 1. The van der Waals surface area contributed by atoms with E-state index in [1.807, 2.05) is 24.3 Å². The van der Waals surface area contributed by atoms with Gasteiger partial charge in [-0.25, -0.2) is 4.98 Å². The van der Waals surface area contributed by atoms with E-state index in [1.165, 1.54) is 14.2 Å². The molecule has 2 heterocycles. The number of fused-ring (bicyclic) bond motifs is 1. The Morgan fingerprint density at radius 3 is 2.38 bits per heavy atom. The van der Waals surface area contributed by atoms with Crippen LogP contribution in [0.1, 0.15) is 10.4 Å². The van der Waals surface area contributed by atoms with Gasteiger partial charge in [-0.05, 0) is 36.4 Å². The van der Waals surface area contributed by atoms with Gasteiger partial charge in [0.15, 0.2) is 11.5 Å². The normalized spacial score (nSPS) is 11.7. The van der Waals surface area contributed by atoms with Gasteiger partial charge in [0.25, 0.3) is 5.91 Å². The molecule has 2 aromatic carbocycles. The van der Waals surface area contributed by atoms with Gasteiger partial charge >= 0.3 is 0 Å². The summed E-state index contributed by atoms with van der Waals surface area (Å²) < 4.78 is 21.2. The quantitative estimate of drug-likeness (QED) is 0.658. The van der Waals surface area contributed by atoms with Crippen molar-refractivity contribution in [3.05, 3.63) is 60.3 Å². The van der Waals surface area contributed by atoms with E-state index in [4.69, 9.17) is 18.9 Å². The average Bonchev–Trinajstić information content (AvgIpc) is 3.22. The Labute approximate surface area is 167 Å². The number of hydrogen-bond acceptors (Lipinski definition) is 7. The molecule has 1 aliphatic rings. The molecule has 1 aromatic heterocycles. The molecular formula is C21H19N3O5. The summed E-state index contributed by atoms with van der Waals surface area (Å²) >= 11 is 0. The highest BCUT2D eigenvalue weighted by atomic mass is 16.7. The molecule has 0 fully saturated rings. The van der Waals surface area contributed by atoms with Gasteiger partial charge in [0.05, 0.1) is 26.1 Å². The SMILES string of the molecule is COc1cccc(OC)c1C(=O)Nc1ccc(Nc2ccc3c(c2)OCO3)cn1. The minimum Gasteiger partial charge on any atom is -0.496 e. The summed E-state index contributed by atoms with van der Waals surface area (Å²) in [4.78, 5) is 17.0. The smallest absolute Gasteiger partial charge is 0.264 e. The zero-order valence-electron chi connectivity index (χ0n) is 15.9. The molecule has 1 amide bonds. The first-order valence-corrected chi connectivity index (χ1v) is 8.83. The van der Waals surface area contributed by atoms with Gasteiger partial charge in [-0.2, -0.15) is 0 Å². The number of nitrogens with zero attached hydrogens (tertiary/aromatic N) is 1. The lowest BCUT2D eigenvalue weighted by Crippen LogP contribution is -2.15. The maximum atomic E-state index is 12.7. The standard InChI is InChI=1S/C21H19N3O5/c1-26-16-4-3-5-17(27-2)20(16)21(25)24-19-9-7-14(11-22-19)23-13-6-8-15-18(10-13)29-12-28-15/h3-11,23H,12H2,1-2H3,(H,22,24,25). The number of ether oxygens (including phenoxy) is 4. The Bertz CT molecular complexity index is 1010. The lowest BCUT2D eigenvalue weighted by Gasteiger charge is -2.13. The van der Waals surface area contributed by atoms with E-state index in [9.17, 15) is 4.79 Å². The summed E-state index contributed by atoms with van der Waals surface area (Å²) in [6.45, 7) is 0.228. The number of amides is 1. The van der Waals surface area contributed by atoms with Crippen LogP contribution in [0.15, 0.2) is 54.7 Å². The Balaban J connectivity index is 1.47. The summed E-state index contributed by atoms with van der Waals surface area (Å²) in [7, 11) is 3.00. The Hall–Kier alpha value is -3.94.